The fraction of sp³-hybridized carbons (Fsp3) is 0.0667. The maximum absolute atomic E-state index is 9.14. The number of furan rings is 1. The van der Waals surface area contributed by atoms with Crippen molar-refractivity contribution >= 4 is 16.8 Å². The molecule has 2 heterocycles. The van der Waals surface area contributed by atoms with Crippen molar-refractivity contribution in [2.75, 3.05) is 12.4 Å². The van der Waals surface area contributed by atoms with Gasteiger partial charge in [-0.3, -0.25) is 0 Å². The minimum absolute atomic E-state index is 0.142. The van der Waals surface area contributed by atoms with Crippen molar-refractivity contribution in [3.8, 4) is 17.7 Å². The molecular weight excluding hydrogens is 254 g/mol. The summed E-state index contributed by atoms with van der Waals surface area (Å²) in [7, 11) is 1.78. The zero-order valence-corrected chi connectivity index (χ0v) is 10.8. The summed E-state index contributed by atoms with van der Waals surface area (Å²) < 4.78 is 11.2. The molecule has 0 aliphatic heterocycles. The van der Waals surface area contributed by atoms with Gasteiger partial charge in [0.05, 0.1) is 5.39 Å². The number of anilines is 1. The van der Waals surface area contributed by atoms with Gasteiger partial charge in [0.25, 0.3) is 0 Å². The van der Waals surface area contributed by atoms with Crippen molar-refractivity contribution in [2.45, 2.75) is 0 Å². The van der Waals surface area contributed by atoms with Crippen molar-refractivity contribution in [3.05, 3.63) is 48.2 Å². The van der Waals surface area contributed by atoms with Crippen LogP contribution in [0, 0.1) is 11.3 Å². The number of benzene rings is 1. The number of para-hydroxylation sites is 1. The van der Waals surface area contributed by atoms with E-state index >= 15 is 0 Å². The SMILES string of the molecule is CNc1cccc(Oc2c(C#N)oc3ccccc23)n1. The fourth-order valence-corrected chi connectivity index (χ4v) is 1.91. The molecule has 0 atom stereocenters. The van der Waals surface area contributed by atoms with E-state index in [2.05, 4.69) is 10.3 Å². The Morgan fingerprint density at radius 3 is 2.85 bits per heavy atom. The molecule has 1 N–H and O–H groups in total. The first-order chi connectivity index (χ1) is 9.81. The van der Waals surface area contributed by atoms with Crippen molar-refractivity contribution < 1.29 is 9.15 Å². The van der Waals surface area contributed by atoms with Gasteiger partial charge in [0.2, 0.25) is 11.6 Å². The Bertz CT molecular complexity index is 802. The summed E-state index contributed by atoms with van der Waals surface area (Å²) in [6, 6.07) is 14.7. The van der Waals surface area contributed by atoms with Crippen LogP contribution in [0.4, 0.5) is 5.82 Å². The van der Waals surface area contributed by atoms with Gasteiger partial charge < -0.3 is 14.5 Å². The van der Waals surface area contributed by atoms with E-state index in [-0.39, 0.29) is 5.76 Å². The molecule has 1 aromatic carbocycles. The molecule has 0 bridgehead atoms. The number of nitriles is 1. The van der Waals surface area contributed by atoms with Crippen LogP contribution in [0.1, 0.15) is 5.76 Å². The van der Waals surface area contributed by atoms with E-state index < -0.39 is 0 Å². The average Bonchev–Trinajstić information content (AvgIpc) is 2.85. The van der Waals surface area contributed by atoms with Crippen LogP contribution in [0.3, 0.4) is 0 Å². The van der Waals surface area contributed by atoms with Crippen LogP contribution in [0.25, 0.3) is 11.0 Å². The molecule has 3 aromatic rings. The Morgan fingerprint density at radius 1 is 1.20 bits per heavy atom. The second kappa shape index (κ2) is 4.94. The molecule has 2 aromatic heterocycles. The number of pyridine rings is 1. The molecule has 0 radical (unpaired) electrons. The summed E-state index contributed by atoms with van der Waals surface area (Å²) in [5.41, 5.74) is 0.615. The minimum atomic E-state index is 0.142. The quantitative estimate of drug-likeness (QED) is 0.784. The summed E-state index contributed by atoms with van der Waals surface area (Å²) in [5.74, 6) is 1.63. The second-order valence-corrected chi connectivity index (χ2v) is 4.08. The van der Waals surface area contributed by atoms with Crippen molar-refractivity contribution in [3.63, 3.8) is 0 Å². The van der Waals surface area contributed by atoms with Gasteiger partial charge >= 0.3 is 0 Å². The van der Waals surface area contributed by atoms with Gasteiger partial charge in [0.15, 0.2) is 5.75 Å². The maximum atomic E-state index is 9.14. The van der Waals surface area contributed by atoms with Crippen LogP contribution >= 0.6 is 0 Å². The third kappa shape index (κ3) is 2.04. The standard InChI is InChI=1S/C15H11N3O2/c1-17-13-7-4-8-14(18-13)20-15-10-5-2-3-6-11(10)19-12(15)9-16/h2-8H,1H3,(H,17,18). The highest BCUT2D eigenvalue weighted by molar-refractivity contribution is 5.86. The first-order valence-corrected chi connectivity index (χ1v) is 6.06. The van der Waals surface area contributed by atoms with Crippen molar-refractivity contribution in [2.24, 2.45) is 0 Å². The number of nitrogens with zero attached hydrogens (tertiary/aromatic N) is 2. The Balaban J connectivity index is 2.07. The third-order valence-corrected chi connectivity index (χ3v) is 2.84. The highest BCUT2D eigenvalue weighted by atomic mass is 16.5. The monoisotopic (exact) mass is 265 g/mol. The Labute approximate surface area is 115 Å². The normalized spacial score (nSPS) is 10.2. The van der Waals surface area contributed by atoms with Gasteiger partial charge in [-0.05, 0) is 18.2 Å². The molecule has 98 valence electrons. The molecule has 0 saturated carbocycles. The average molecular weight is 265 g/mol. The lowest BCUT2D eigenvalue weighted by molar-refractivity contribution is 0.451. The van der Waals surface area contributed by atoms with Crippen LogP contribution < -0.4 is 10.1 Å². The van der Waals surface area contributed by atoms with Crippen LogP contribution in [0.2, 0.25) is 0 Å². The molecule has 5 nitrogen and oxygen atoms in total. The van der Waals surface area contributed by atoms with Crippen LogP contribution in [-0.4, -0.2) is 12.0 Å². The van der Waals surface area contributed by atoms with Gasteiger partial charge in [-0.1, -0.05) is 18.2 Å². The van der Waals surface area contributed by atoms with Gasteiger partial charge in [0.1, 0.15) is 17.5 Å². The second-order valence-electron chi connectivity index (χ2n) is 4.08. The lowest BCUT2D eigenvalue weighted by atomic mass is 10.2. The predicted molar refractivity (Wildman–Crippen MR) is 74.8 cm³/mol. The molecular formula is C15H11N3O2. The van der Waals surface area contributed by atoms with Crippen LogP contribution in [0.5, 0.6) is 11.6 Å². The van der Waals surface area contributed by atoms with E-state index in [1.807, 2.05) is 36.4 Å². The lowest BCUT2D eigenvalue weighted by Crippen LogP contribution is -1.94. The highest BCUT2D eigenvalue weighted by Gasteiger charge is 2.16. The number of hydrogen-bond acceptors (Lipinski definition) is 5. The zero-order valence-electron chi connectivity index (χ0n) is 10.8. The summed E-state index contributed by atoms with van der Waals surface area (Å²) in [4.78, 5) is 4.26. The molecule has 3 rings (SSSR count). The first kappa shape index (κ1) is 12.1. The molecule has 0 aliphatic rings. The lowest BCUT2D eigenvalue weighted by Gasteiger charge is -2.05. The molecule has 0 spiro atoms. The van der Waals surface area contributed by atoms with Gasteiger partial charge in [-0.15, -0.1) is 0 Å². The smallest absolute Gasteiger partial charge is 0.247 e. The van der Waals surface area contributed by atoms with E-state index in [0.29, 0.717) is 23.0 Å². The van der Waals surface area contributed by atoms with Gasteiger partial charge in [-0.2, -0.15) is 10.2 Å². The fourth-order valence-electron chi connectivity index (χ4n) is 1.91. The number of fused-ring (bicyclic) bond motifs is 1. The Kier molecular flexibility index (Phi) is 2.98. The minimum Gasteiger partial charge on any atom is -0.442 e. The molecule has 0 aliphatic carbocycles. The summed E-state index contributed by atoms with van der Waals surface area (Å²) in [6.07, 6.45) is 0. The number of nitrogens with one attached hydrogen (secondary N) is 1. The maximum Gasteiger partial charge on any atom is 0.247 e. The van der Waals surface area contributed by atoms with Gasteiger partial charge in [-0.25, -0.2) is 0 Å². The predicted octanol–water partition coefficient (Wildman–Crippen LogP) is 3.53. The van der Waals surface area contributed by atoms with Crippen molar-refractivity contribution in [1.82, 2.24) is 4.98 Å². The van der Waals surface area contributed by atoms with E-state index in [1.165, 1.54) is 0 Å². The zero-order chi connectivity index (χ0) is 13.9. The van der Waals surface area contributed by atoms with Crippen LogP contribution in [-0.2, 0) is 0 Å². The number of rotatable bonds is 3. The Hall–Kier alpha value is -3.00. The molecule has 0 fully saturated rings. The topological polar surface area (TPSA) is 71.1 Å². The van der Waals surface area contributed by atoms with E-state index in [0.717, 1.165) is 5.39 Å². The molecule has 20 heavy (non-hydrogen) atoms. The number of hydrogen-bond donors (Lipinski definition) is 1. The summed E-state index contributed by atoms with van der Waals surface area (Å²) >= 11 is 0. The highest BCUT2D eigenvalue weighted by Crippen LogP contribution is 2.35. The van der Waals surface area contributed by atoms with Crippen molar-refractivity contribution in [1.29, 1.82) is 5.26 Å². The molecule has 0 amide bonds. The summed E-state index contributed by atoms with van der Waals surface area (Å²) in [6.45, 7) is 0. The number of ether oxygens (including phenoxy) is 1. The van der Waals surface area contributed by atoms with Gasteiger partial charge in [0, 0.05) is 13.1 Å². The first-order valence-electron chi connectivity index (χ1n) is 6.06. The Morgan fingerprint density at radius 2 is 2.05 bits per heavy atom. The van der Waals surface area contributed by atoms with E-state index in [9.17, 15) is 0 Å². The largest absolute Gasteiger partial charge is 0.442 e. The third-order valence-electron chi connectivity index (χ3n) is 2.84. The molecule has 0 saturated heterocycles. The molecule has 5 heteroatoms. The summed E-state index contributed by atoms with van der Waals surface area (Å²) in [5, 5.41) is 12.8. The van der Waals surface area contributed by atoms with E-state index in [4.69, 9.17) is 14.4 Å². The molecule has 0 unspecified atom stereocenters. The number of aromatic nitrogens is 1. The van der Waals surface area contributed by atoms with Crippen LogP contribution in [0.15, 0.2) is 46.9 Å². The van der Waals surface area contributed by atoms with E-state index in [1.54, 1.807) is 19.2 Å².